The molecule has 8 heteroatoms. The number of aryl methyl sites for hydroxylation is 1. The minimum absolute atomic E-state index is 0.349. The number of nitrogens with one attached hydrogen (secondary N) is 1. The smallest absolute Gasteiger partial charge is 0.253 e. The number of anilines is 2. The molecule has 4 heterocycles. The van der Waals surface area contributed by atoms with Gasteiger partial charge in [-0.05, 0) is 54.1 Å². The molecule has 30 heavy (non-hydrogen) atoms. The van der Waals surface area contributed by atoms with E-state index in [1.54, 1.807) is 16.7 Å². The quantitative estimate of drug-likeness (QED) is 0.510. The number of hydrogen-bond acceptors (Lipinski definition) is 6. The normalized spacial score (nSPS) is 14.6. The molecule has 0 atom stereocenters. The zero-order valence-electron chi connectivity index (χ0n) is 16.4. The molecule has 6 nitrogen and oxygen atoms in total. The lowest BCUT2D eigenvalue weighted by Gasteiger charge is -2.29. The molecule has 3 aromatic heterocycles. The van der Waals surface area contributed by atoms with Crippen molar-refractivity contribution < 1.29 is 8.42 Å². The number of fused-ring (bicyclic) bond motifs is 2. The number of sulfonamides is 1. The second-order valence-corrected chi connectivity index (χ2v) is 10.4. The van der Waals surface area contributed by atoms with E-state index in [4.69, 9.17) is 0 Å². The summed E-state index contributed by atoms with van der Waals surface area (Å²) in [5, 5.41) is 6.25. The fraction of sp³-hybridized carbons (Fsp3) is 0.182. The Labute approximate surface area is 179 Å². The summed E-state index contributed by atoms with van der Waals surface area (Å²) in [6.45, 7) is 2.62. The summed E-state index contributed by atoms with van der Waals surface area (Å²) in [4.78, 5) is 9.01. The largest absolute Gasteiger partial charge is 0.339 e. The Kier molecular flexibility index (Phi) is 4.77. The SMILES string of the molecule is Cc1ccsc1S(=O)(=O)N1CCc2c(ccnc2Nc2cnc3ccccc3c2)C1. The van der Waals surface area contributed by atoms with Crippen LogP contribution in [0, 0.1) is 6.92 Å². The molecule has 5 rings (SSSR count). The molecule has 0 aliphatic carbocycles. The average molecular weight is 437 g/mol. The Balaban J connectivity index is 1.43. The zero-order chi connectivity index (χ0) is 20.7. The first-order chi connectivity index (χ1) is 14.5. The number of para-hydroxylation sites is 1. The van der Waals surface area contributed by atoms with E-state index in [0.717, 1.165) is 39.1 Å². The molecule has 1 N–H and O–H groups in total. The van der Waals surface area contributed by atoms with Gasteiger partial charge in [-0.25, -0.2) is 13.4 Å². The maximum atomic E-state index is 13.1. The number of benzene rings is 1. The summed E-state index contributed by atoms with van der Waals surface area (Å²) in [6.07, 6.45) is 4.13. The van der Waals surface area contributed by atoms with Gasteiger partial charge in [-0.15, -0.1) is 11.3 Å². The van der Waals surface area contributed by atoms with E-state index in [1.807, 2.05) is 54.8 Å². The highest BCUT2D eigenvalue weighted by Gasteiger charge is 2.31. The zero-order valence-corrected chi connectivity index (χ0v) is 18.0. The standard InChI is InChI=1S/C22H20N4O2S2/c1-15-8-11-29-22(15)30(27,28)26-10-7-19-17(14-26)6-9-23-21(19)25-18-12-16-4-2-3-5-20(16)24-13-18/h2-6,8-9,11-13H,7,10,14H2,1H3,(H,23,25). The van der Waals surface area contributed by atoms with Gasteiger partial charge in [-0.2, -0.15) is 4.31 Å². The van der Waals surface area contributed by atoms with Crippen molar-refractivity contribution in [1.29, 1.82) is 0 Å². The van der Waals surface area contributed by atoms with Crippen LogP contribution in [-0.4, -0.2) is 29.2 Å². The third-order valence-electron chi connectivity index (χ3n) is 5.35. The Morgan fingerprint density at radius 2 is 2.00 bits per heavy atom. The number of pyridine rings is 2. The van der Waals surface area contributed by atoms with E-state index >= 15 is 0 Å². The molecule has 0 fully saturated rings. The first kappa shape index (κ1) is 19.2. The van der Waals surface area contributed by atoms with Crippen molar-refractivity contribution in [1.82, 2.24) is 14.3 Å². The van der Waals surface area contributed by atoms with Crippen molar-refractivity contribution in [3.05, 3.63) is 76.9 Å². The highest BCUT2D eigenvalue weighted by molar-refractivity contribution is 7.91. The topological polar surface area (TPSA) is 75.2 Å². The molecule has 1 aromatic carbocycles. The second-order valence-electron chi connectivity index (χ2n) is 7.32. The Morgan fingerprint density at radius 3 is 2.83 bits per heavy atom. The van der Waals surface area contributed by atoms with Crippen molar-refractivity contribution >= 4 is 43.8 Å². The van der Waals surface area contributed by atoms with E-state index in [1.165, 1.54) is 11.3 Å². The Morgan fingerprint density at radius 1 is 1.13 bits per heavy atom. The summed E-state index contributed by atoms with van der Waals surface area (Å²) >= 11 is 1.28. The lowest BCUT2D eigenvalue weighted by molar-refractivity contribution is 0.392. The minimum atomic E-state index is -3.49. The van der Waals surface area contributed by atoms with Crippen LogP contribution in [0.3, 0.4) is 0 Å². The Hall–Kier alpha value is -2.81. The first-order valence-corrected chi connectivity index (χ1v) is 12.0. The van der Waals surface area contributed by atoms with Crippen LogP contribution < -0.4 is 5.32 Å². The van der Waals surface area contributed by atoms with E-state index < -0.39 is 10.0 Å². The van der Waals surface area contributed by atoms with E-state index in [-0.39, 0.29) is 0 Å². The molecule has 0 bridgehead atoms. The van der Waals surface area contributed by atoms with Gasteiger partial charge in [0.2, 0.25) is 0 Å². The fourth-order valence-corrected chi connectivity index (χ4v) is 6.76. The molecule has 0 unspecified atom stereocenters. The lowest BCUT2D eigenvalue weighted by atomic mass is 10.0. The van der Waals surface area contributed by atoms with Crippen LogP contribution in [0.15, 0.2) is 64.4 Å². The van der Waals surface area contributed by atoms with Gasteiger partial charge in [-0.1, -0.05) is 18.2 Å². The maximum absolute atomic E-state index is 13.1. The van der Waals surface area contributed by atoms with Gasteiger partial charge in [0.15, 0.2) is 0 Å². The molecule has 0 saturated heterocycles. The van der Waals surface area contributed by atoms with Gasteiger partial charge in [0.25, 0.3) is 10.0 Å². The van der Waals surface area contributed by atoms with E-state index in [9.17, 15) is 8.42 Å². The third-order valence-corrected chi connectivity index (χ3v) is 8.86. The highest BCUT2D eigenvalue weighted by Crippen LogP contribution is 2.32. The Bertz CT molecular complexity index is 1350. The van der Waals surface area contributed by atoms with Gasteiger partial charge in [-0.3, -0.25) is 4.98 Å². The fourth-order valence-electron chi connectivity index (χ4n) is 3.79. The van der Waals surface area contributed by atoms with Crippen molar-refractivity contribution in [3.63, 3.8) is 0 Å². The number of aromatic nitrogens is 2. The molecule has 0 spiro atoms. The summed E-state index contributed by atoms with van der Waals surface area (Å²) < 4.78 is 28.1. The predicted molar refractivity (Wildman–Crippen MR) is 120 cm³/mol. The number of thiophene rings is 1. The molecule has 0 amide bonds. The van der Waals surface area contributed by atoms with Crippen molar-refractivity contribution in [2.24, 2.45) is 0 Å². The molecule has 1 aliphatic heterocycles. The van der Waals surface area contributed by atoms with Crippen molar-refractivity contribution in [2.45, 2.75) is 24.1 Å². The minimum Gasteiger partial charge on any atom is -0.339 e. The van der Waals surface area contributed by atoms with Gasteiger partial charge in [0.05, 0.1) is 17.4 Å². The van der Waals surface area contributed by atoms with Gasteiger partial charge >= 0.3 is 0 Å². The lowest BCUT2D eigenvalue weighted by Crippen LogP contribution is -2.36. The molecular formula is C22H20N4O2S2. The first-order valence-electron chi connectivity index (χ1n) is 9.65. The van der Waals surface area contributed by atoms with E-state index in [0.29, 0.717) is 23.7 Å². The third kappa shape index (κ3) is 3.36. The molecule has 4 aromatic rings. The molecule has 0 radical (unpaired) electrons. The van der Waals surface area contributed by atoms with Crippen LogP contribution in [0.25, 0.3) is 10.9 Å². The van der Waals surface area contributed by atoms with Gasteiger partial charge in [0, 0.05) is 30.2 Å². The summed E-state index contributed by atoms with van der Waals surface area (Å²) in [6, 6.07) is 13.8. The van der Waals surface area contributed by atoms with Crippen LogP contribution in [-0.2, 0) is 23.0 Å². The molecular weight excluding hydrogens is 416 g/mol. The number of hydrogen-bond donors (Lipinski definition) is 1. The predicted octanol–water partition coefficient (Wildman–Crippen LogP) is 4.49. The summed E-state index contributed by atoms with van der Waals surface area (Å²) in [7, 11) is -3.49. The monoisotopic (exact) mass is 436 g/mol. The van der Waals surface area contributed by atoms with Crippen LogP contribution in [0.2, 0.25) is 0 Å². The second kappa shape index (κ2) is 7.46. The van der Waals surface area contributed by atoms with E-state index in [2.05, 4.69) is 15.3 Å². The van der Waals surface area contributed by atoms with Crippen molar-refractivity contribution in [2.75, 3.05) is 11.9 Å². The number of rotatable bonds is 4. The molecule has 1 aliphatic rings. The van der Waals surface area contributed by atoms with Gasteiger partial charge < -0.3 is 5.32 Å². The number of nitrogens with zero attached hydrogens (tertiary/aromatic N) is 3. The summed E-state index contributed by atoms with van der Waals surface area (Å²) in [5.41, 5.74) is 4.63. The van der Waals surface area contributed by atoms with Crippen LogP contribution >= 0.6 is 11.3 Å². The van der Waals surface area contributed by atoms with Crippen LogP contribution in [0.1, 0.15) is 16.7 Å². The van der Waals surface area contributed by atoms with Crippen LogP contribution in [0.4, 0.5) is 11.5 Å². The van der Waals surface area contributed by atoms with Crippen LogP contribution in [0.5, 0.6) is 0 Å². The summed E-state index contributed by atoms with van der Waals surface area (Å²) in [5.74, 6) is 0.758. The highest BCUT2D eigenvalue weighted by atomic mass is 32.2. The van der Waals surface area contributed by atoms with Crippen molar-refractivity contribution in [3.8, 4) is 0 Å². The average Bonchev–Trinajstić information content (AvgIpc) is 3.20. The molecule has 0 saturated carbocycles. The molecule has 152 valence electrons. The van der Waals surface area contributed by atoms with Gasteiger partial charge in [0.1, 0.15) is 10.0 Å². The maximum Gasteiger partial charge on any atom is 0.253 e.